The Morgan fingerprint density at radius 2 is 2.04 bits per heavy atom. The lowest BCUT2D eigenvalue weighted by Gasteiger charge is -2.11. The summed E-state index contributed by atoms with van der Waals surface area (Å²) in [5, 5.41) is -0.191. The lowest BCUT2D eigenvalue weighted by molar-refractivity contribution is -0.145. The quantitative estimate of drug-likeness (QED) is 0.384. The number of esters is 1. The van der Waals surface area contributed by atoms with Crippen molar-refractivity contribution in [2.75, 3.05) is 6.61 Å². The van der Waals surface area contributed by atoms with Crippen LogP contribution in [0.15, 0.2) is 33.6 Å². The second-order valence-corrected chi connectivity index (χ2v) is 7.77. The molecule has 0 aliphatic rings. The zero-order valence-electron chi connectivity index (χ0n) is 14.7. The third-order valence-electron chi connectivity index (χ3n) is 3.38. The minimum absolute atomic E-state index is 0.191. The van der Waals surface area contributed by atoms with Crippen molar-refractivity contribution < 1.29 is 14.3 Å². The fraction of sp³-hybridized carbons (Fsp3) is 0.444. The van der Waals surface area contributed by atoms with Crippen LogP contribution in [0.4, 0.5) is 0 Å². The van der Waals surface area contributed by atoms with Crippen molar-refractivity contribution in [2.24, 2.45) is 4.99 Å². The van der Waals surface area contributed by atoms with Crippen LogP contribution < -0.4 is 0 Å². The number of thiazole rings is 1. The molecule has 0 saturated heterocycles. The van der Waals surface area contributed by atoms with Crippen LogP contribution >= 0.6 is 23.1 Å². The van der Waals surface area contributed by atoms with Gasteiger partial charge in [-0.15, -0.1) is 11.3 Å². The van der Waals surface area contributed by atoms with Crippen LogP contribution in [0.3, 0.4) is 0 Å². The van der Waals surface area contributed by atoms with Gasteiger partial charge in [-0.2, -0.15) is 0 Å². The first-order chi connectivity index (χ1) is 12.0. The van der Waals surface area contributed by atoms with Crippen LogP contribution in [0.25, 0.3) is 10.2 Å². The highest BCUT2D eigenvalue weighted by molar-refractivity contribution is 8.16. The lowest BCUT2D eigenvalue weighted by atomic mass is 10.2. The molecule has 2 rings (SSSR count). The summed E-state index contributed by atoms with van der Waals surface area (Å²) in [6.45, 7) is 5.93. The van der Waals surface area contributed by atoms with E-state index in [0.717, 1.165) is 34.8 Å². The van der Waals surface area contributed by atoms with Crippen molar-refractivity contribution in [3.05, 3.63) is 24.3 Å². The number of carbonyl (C=O) groups is 2. The van der Waals surface area contributed by atoms with E-state index >= 15 is 0 Å². The minimum Gasteiger partial charge on any atom is -0.464 e. The van der Waals surface area contributed by atoms with E-state index in [1.54, 1.807) is 6.92 Å². The van der Waals surface area contributed by atoms with Gasteiger partial charge >= 0.3 is 5.97 Å². The first-order valence-corrected chi connectivity index (χ1v) is 9.97. The normalized spacial score (nSPS) is 13.0. The Morgan fingerprint density at radius 3 is 2.72 bits per heavy atom. The minimum atomic E-state index is -0.614. The summed E-state index contributed by atoms with van der Waals surface area (Å²) < 4.78 is 6.89. The van der Waals surface area contributed by atoms with Gasteiger partial charge in [0, 0.05) is 0 Å². The first-order valence-electron chi connectivity index (χ1n) is 8.34. The Morgan fingerprint density at radius 1 is 1.28 bits per heavy atom. The van der Waals surface area contributed by atoms with Crippen molar-refractivity contribution in [3.63, 3.8) is 0 Å². The van der Waals surface area contributed by atoms with E-state index in [-0.39, 0.29) is 11.1 Å². The van der Waals surface area contributed by atoms with Crippen LogP contribution in [0, 0.1) is 0 Å². The van der Waals surface area contributed by atoms with Gasteiger partial charge in [0.15, 0.2) is 4.34 Å². The second kappa shape index (κ2) is 9.68. The number of hydrogen-bond donors (Lipinski definition) is 0. The van der Waals surface area contributed by atoms with Crippen molar-refractivity contribution >= 4 is 50.1 Å². The maximum Gasteiger partial charge on any atom is 0.330 e. The van der Waals surface area contributed by atoms with Crippen LogP contribution in [-0.2, 0) is 14.3 Å². The number of para-hydroxylation sites is 1. The lowest BCUT2D eigenvalue weighted by Crippen LogP contribution is -2.24. The van der Waals surface area contributed by atoms with Gasteiger partial charge < -0.3 is 4.74 Å². The van der Waals surface area contributed by atoms with Crippen LogP contribution in [0.5, 0.6) is 0 Å². The molecule has 0 unspecified atom stereocenters. The Kier molecular flexibility index (Phi) is 7.58. The van der Waals surface area contributed by atoms with Crippen molar-refractivity contribution in [2.45, 2.75) is 50.4 Å². The fourth-order valence-corrected chi connectivity index (χ4v) is 4.00. The van der Waals surface area contributed by atoms with Crippen LogP contribution in [0.2, 0.25) is 0 Å². The topological polar surface area (TPSA) is 68.6 Å². The van der Waals surface area contributed by atoms with Crippen molar-refractivity contribution in [1.29, 1.82) is 0 Å². The molecule has 0 fully saturated rings. The maximum absolute atomic E-state index is 12.4. The molecule has 0 aliphatic heterocycles. The highest BCUT2D eigenvalue weighted by Gasteiger charge is 2.20. The molecule has 0 aliphatic carbocycles. The molecule has 1 atom stereocenters. The first kappa shape index (κ1) is 19.6. The number of benzene rings is 1. The summed E-state index contributed by atoms with van der Waals surface area (Å²) in [5.41, 5.74) is 1.19. The molecular weight excluding hydrogens is 356 g/mol. The van der Waals surface area contributed by atoms with Crippen molar-refractivity contribution in [1.82, 2.24) is 4.98 Å². The van der Waals surface area contributed by atoms with E-state index < -0.39 is 6.04 Å². The number of thioether (sulfide) groups is 1. The molecule has 0 spiro atoms. The van der Waals surface area contributed by atoms with Gasteiger partial charge in [0.2, 0.25) is 5.12 Å². The highest BCUT2D eigenvalue weighted by Crippen LogP contribution is 2.30. The number of fused-ring (bicyclic) bond motifs is 1. The molecule has 0 amide bonds. The van der Waals surface area contributed by atoms with Gasteiger partial charge in [-0.05, 0) is 43.7 Å². The predicted octanol–water partition coefficient (Wildman–Crippen LogP) is 4.50. The fourth-order valence-electron chi connectivity index (χ4n) is 2.14. The molecular formula is C18H22N2O3S2. The Bertz CT molecular complexity index is 738. The summed E-state index contributed by atoms with van der Waals surface area (Å²) in [6.07, 6.45) is 2.13. The van der Waals surface area contributed by atoms with E-state index in [1.165, 1.54) is 11.3 Å². The number of aromatic nitrogens is 1. The molecule has 5 nitrogen and oxygen atoms in total. The van der Waals surface area contributed by atoms with Gasteiger partial charge in [-0.1, -0.05) is 32.4 Å². The summed E-state index contributed by atoms with van der Waals surface area (Å²) in [7, 11) is 0. The predicted molar refractivity (Wildman–Crippen MR) is 104 cm³/mol. The molecule has 1 aromatic heterocycles. The molecule has 7 heteroatoms. The summed E-state index contributed by atoms with van der Waals surface area (Å²) in [6, 6.07) is 7.14. The molecule has 0 N–H and O–H groups in total. The summed E-state index contributed by atoms with van der Waals surface area (Å²) >= 11 is 2.53. The van der Waals surface area contributed by atoms with Gasteiger partial charge in [0.25, 0.3) is 0 Å². The van der Waals surface area contributed by atoms with Gasteiger partial charge in [-0.3, -0.25) is 9.79 Å². The van der Waals surface area contributed by atoms with E-state index in [2.05, 4.69) is 9.98 Å². The van der Waals surface area contributed by atoms with E-state index in [4.69, 9.17) is 4.74 Å². The number of aliphatic imine (C=N–C) groups is 1. The van der Waals surface area contributed by atoms with Gasteiger partial charge in [0.05, 0.1) is 22.5 Å². The smallest absolute Gasteiger partial charge is 0.330 e. The van der Waals surface area contributed by atoms with Crippen LogP contribution in [0.1, 0.15) is 40.0 Å². The average molecular weight is 379 g/mol. The molecule has 2 aromatic rings. The van der Waals surface area contributed by atoms with E-state index in [0.29, 0.717) is 23.1 Å². The molecule has 0 saturated carbocycles. The zero-order valence-corrected chi connectivity index (χ0v) is 16.3. The molecule has 1 aromatic carbocycles. The molecule has 1 heterocycles. The third kappa shape index (κ3) is 5.64. The third-order valence-corrected chi connectivity index (χ3v) is 5.46. The average Bonchev–Trinajstić information content (AvgIpc) is 3.01. The summed E-state index contributed by atoms with van der Waals surface area (Å²) in [4.78, 5) is 33.2. The second-order valence-electron chi connectivity index (χ2n) is 5.52. The number of rotatable bonds is 8. The Hall–Kier alpha value is -1.73. The van der Waals surface area contributed by atoms with E-state index in [1.807, 2.05) is 38.1 Å². The Labute approximate surface area is 155 Å². The number of nitrogens with zero attached hydrogens (tertiary/aromatic N) is 2. The zero-order chi connectivity index (χ0) is 18.2. The number of ether oxygens (including phenoxy) is 1. The largest absolute Gasteiger partial charge is 0.464 e. The number of carbonyl (C=O) groups excluding carboxylic acids is 2. The summed E-state index contributed by atoms with van der Waals surface area (Å²) in [5.74, 6) is -0.360. The monoisotopic (exact) mass is 378 g/mol. The SMILES string of the molecule is CCCOC(=O)[C@H](CCC)N=C(C)C(=O)Sc1nc2ccccc2s1. The molecule has 0 radical (unpaired) electrons. The number of hydrogen-bond acceptors (Lipinski definition) is 7. The van der Waals surface area contributed by atoms with Crippen molar-refractivity contribution in [3.8, 4) is 0 Å². The highest BCUT2D eigenvalue weighted by atomic mass is 32.2. The standard InChI is InChI=1S/C18H22N2O3S2/c1-4-8-14(16(21)23-11-5-2)19-12(3)17(22)25-18-20-13-9-6-7-10-15(13)24-18/h6-7,9-10,14H,4-5,8,11H2,1-3H3/t14-/m0/s1. The molecule has 25 heavy (non-hydrogen) atoms. The van der Waals surface area contributed by atoms with E-state index in [9.17, 15) is 9.59 Å². The van der Waals surface area contributed by atoms with Crippen LogP contribution in [-0.4, -0.2) is 34.4 Å². The van der Waals surface area contributed by atoms with Gasteiger partial charge in [0.1, 0.15) is 6.04 Å². The molecule has 134 valence electrons. The van der Waals surface area contributed by atoms with Gasteiger partial charge in [-0.25, -0.2) is 9.78 Å². The Balaban J connectivity index is 2.07. The molecule has 0 bridgehead atoms. The maximum atomic E-state index is 12.4.